The van der Waals surface area contributed by atoms with E-state index in [1.165, 1.54) is 5.56 Å². The highest BCUT2D eigenvalue weighted by Gasteiger charge is 2.06. The van der Waals surface area contributed by atoms with Crippen LogP contribution in [0.3, 0.4) is 0 Å². The van der Waals surface area contributed by atoms with Gasteiger partial charge in [-0.15, -0.1) is 0 Å². The normalized spacial score (nSPS) is 10.7. The van der Waals surface area contributed by atoms with Crippen LogP contribution in [0, 0.1) is 13.8 Å². The summed E-state index contributed by atoms with van der Waals surface area (Å²) in [5.41, 5.74) is 2.26. The third-order valence-corrected chi connectivity index (χ3v) is 3.78. The summed E-state index contributed by atoms with van der Waals surface area (Å²) in [5, 5.41) is 2.90. The predicted molar refractivity (Wildman–Crippen MR) is 86.8 cm³/mol. The molecule has 1 aromatic carbocycles. The van der Waals surface area contributed by atoms with Gasteiger partial charge in [0.15, 0.2) is 6.61 Å². The van der Waals surface area contributed by atoms with E-state index in [1.54, 1.807) is 0 Å². The highest BCUT2D eigenvalue weighted by atomic mass is 16.5. The van der Waals surface area contributed by atoms with Gasteiger partial charge < -0.3 is 15.0 Å². The van der Waals surface area contributed by atoms with Gasteiger partial charge in [0.05, 0.1) is 0 Å². The second kappa shape index (κ2) is 9.40. The number of aryl methyl sites for hydroxylation is 1. The summed E-state index contributed by atoms with van der Waals surface area (Å²) < 4.78 is 5.58. The first-order valence-electron chi connectivity index (χ1n) is 7.76. The van der Waals surface area contributed by atoms with Gasteiger partial charge in [0.25, 0.3) is 5.91 Å². The molecule has 0 atom stereocenters. The molecule has 21 heavy (non-hydrogen) atoms. The fourth-order valence-corrected chi connectivity index (χ4v) is 2.15. The first kappa shape index (κ1) is 17.5. The smallest absolute Gasteiger partial charge is 0.257 e. The molecule has 0 saturated heterocycles. The van der Waals surface area contributed by atoms with Gasteiger partial charge in [0.1, 0.15) is 5.75 Å². The third-order valence-electron chi connectivity index (χ3n) is 3.78. The lowest BCUT2D eigenvalue weighted by molar-refractivity contribution is -0.123. The van der Waals surface area contributed by atoms with E-state index in [-0.39, 0.29) is 12.5 Å². The van der Waals surface area contributed by atoms with Crippen LogP contribution in [0.2, 0.25) is 0 Å². The van der Waals surface area contributed by atoms with Crippen LogP contribution in [0.1, 0.15) is 31.4 Å². The van der Waals surface area contributed by atoms with Gasteiger partial charge in [0.2, 0.25) is 0 Å². The van der Waals surface area contributed by atoms with Crippen LogP contribution in [-0.2, 0) is 4.79 Å². The number of nitrogens with one attached hydrogen (secondary N) is 1. The molecule has 0 aliphatic heterocycles. The van der Waals surface area contributed by atoms with E-state index in [4.69, 9.17) is 4.74 Å². The summed E-state index contributed by atoms with van der Waals surface area (Å²) in [7, 11) is 0. The van der Waals surface area contributed by atoms with Crippen LogP contribution in [0.4, 0.5) is 0 Å². The quantitative estimate of drug-likeness (QED) is 0.711. The molecule has 1 aromatic rings. The number of carbonyl (C=O) groups is 1. The highest BCUT2D eigenvalue weighted by molar-refractivity contribution is 5.77. The maximum atomic E-state index is 11.7. The number of ether oxygens (including phenoxy) is 1. The Morgan fingerprint density at radius 1 is 1.24 bits per heavy atom. The second-order valence-corrected chi connectivity index (χ2v) is 5.22. The lowest BCUT2D eigenvalue weighted by atomic mass is 10.1. The van der Waals surface area contributed by atoms with E-state index < -0.39 is 0 Å². The Labute approximate surface area is 128 Å². The van der Waals surface area contributed by atoms with Crippen molar-refractivity contribution in [3.63, 3.8) is 0 Å². The zero-order valence-electron chi connectivity index (χ0n) is 13.7. The molecule has 4 heteroatoms. The van der Waals surface area contributed by atoms with Crippen LogP contribution < -0.4 is 10.1 Å². The van der Waals surface area contributed by atoms with Gasteiger partial charge in [0, 0.05) is 6.54 Å². The molecule has 0 aliphatic carbocycles. The van der Waals surface area contributed by atoms with Gasteiger partial charge in [-0.1, -0.05) is 26.0 Å². The molecule has 0 fully saturated rings. The van der Waals surface area contributed by atoms with Crippen molar-refractivity contribution >= 4 is 5.91 Å². The van der Waals surface area contributed by atoms with E-state index in [0.717, 1.165) is 37.4 Å². The SMILES string of the molecule is CCN(CC)CCCNC(=O)COc1cccc(C)c1C. The first-order valence-corrected chi connectivity index (χ1v) is 7.76. The minimum atomic E-state index is -0.0598. The van der Waals surface area contributed by atoms with Crippen molar-refractivity contribution in [1.29, 1.82) is 0 Å². The summed E-state index contributed by atoms with van der Waals surface area (Å²) >= 11 is 0. The molecule has 0 spiro atoms. The van der Waals surface area contributed by atoms with Crippen LogP contribution in [0.25, 0.3) is 0 Å². The van der Waals surface area contributed by atoms with Gasteiger partial charge in [-0.2, -0.15) is 0 Å². The first-order chi connectivity index (χ1) is 10.1. The summed E-state index contributed by atoms with van der Waals surface area (Å²) in [4.78, 5) is 14.1. The summed E-state index contributed by atoms with van der Waals surface area (Å²) in [6.07, 6.45) is 0.969. The average molecular weight is 292 g/mol. The monoisotopic (exact) mass is 292 g/mol. The molecule has 0 bridgehead atoms. The molecule has 1 N–H and O–H groups in total. The fourth-order valence-electron chi connectivity index (χ4n) is 2.15. The maximum absolute atomic E-state index is 11.7. The Kier molecular flexibility index (Phi) is 7.83. The van der Waals surface area contributed by atoms with Crippen LogP contribution >= 0.6 is 0 Å². The molecule has 1 amide bonds. The molecule has 0 unspecified atom stereocenters. The van der Waals surface area contributed by atoms with Gasteiger partial charge >= 0.3 is 0 Å². The van der Waals surface area contributed by atoms with Crippen LogP contribution in [0.5, 0.6) is 5.75 Å². The Hall–Kier alpha value is -1.55. The molecule has 4 nitrogen and oxygen atoms in total. The number of amides is 1. The van der Waals surface area contributed by atoms with Crippen molar-refractivity contribution in [2.24, 2.45) is 0 Å². The number of benzene rings is 1. The number of carbonyl (C=O) groups excluding carboxylic acids is 1. The van der Waals surface area contributed by atoms with Crippen molar-refractivity contribution in [3.05, 3.63) is 29.3 Å². The van der Waals surface area contributed by atoms with Gasteiger partial charge in [-0.25, -0.2) is 0 Å². The fraction of sp³-hybridized carbons (Fsp3) is 0.588. The molecule has 0 aliphatic rings. The molecule has 0 aromatic heterocycles. The van der Waals surface area contributed by atoms with Crippen molar-refractivity contribution < 1.29 is 9.53 Å². The average Bonchev–Trinajstić information content (AvgIpc) is 2.49. The van der Waals surface area contributed by atoms with E-state index in [9.17, 15) is 4.79 Å². The Bertz CT molecular complexity index is 442. The van der Waals surface area contributed by atoms with E-state index in [1.807, 2.05) is 32.0 Å². The van der Waals surface area contributed by atoms with Crippen molar-refractivity contribution in [3.8, 4) is 5.75 Å². The summed E-state index contributed by atoms with van der Waals surface area (Å²) in [6, 6.07) is 5.88. The van der Waals surface area contributed by atoms with E-state index in [2.05, 4.69) is 24.1 Å². The van der Waals surface area contributed by atoms with Gasteiger partial charge in [-0.05, 0) is 57.1 Å². The molecular formula is C17H28N2O2. The molecular weight excluding hydrogens is 264 g/mol. The molecule has 0 radical (unpaired) electrons. The molecule has 0 saturated carbocycles. The molecule has 1 rings (SSSR count). The Morgan fingerprint density at radius 2 is 1.95 bits per heavy atom. The zero-order chi connectivity index (χ0) is 15.7. The van der Waals surface area contributed by atoms with Crippen molar-refractivity contribution in [2.75, 3.05) is 32.8 Å². The zero-order valence-corrected chi connectivity index (χ0v) is 13.7. The number of hydrogen-bond donors (Lipinski definition) is 1. The number of rotatable bonds is 9. The molecule has 118 valence electrons. The highest BCUT2D eigenvalue weighted by Crippen LogP contribution is 2.20. The predicted octanol–water partition coefficient (Wildman–Crippen LogP) is 2.53. The van der Waals surface area contributed by atoms with Gasteiger partial charge in [-0.3, -0.25) is 4.79 Å². The largest absolute Gasteiger partial charge is 0.483 e. The maximum Gasteiger partial charge on any atom is 0.257 e. The number of hydrogen-bond acceptors (Lipinski definition) is 3. The topological polar surface area (TPSA) is 41.6 Å². The Balaban J connectivity index is 2.24. The lowest BCUT2D eigenvalue weighted by Crippen LogP contribution is -2.32. The van der Waals surface area contributed by atoms with Crippen molar-refractivity contribution in [1.82, 2.24) is 10.2 Å². The molecule has 0 heterocycles. The Morgan fingerprint density at radius 3 is 2.62 bits per heavy atom. The van der Waals surface area contributed by atoms with Crippen LogP contribution in [-0.4, -0.2) is 43.6 Å². The lowest BCUT2D eigenvalue weighted by Gasteiger charge is -2.17. The van der Waals surface area contributed by atoms with E-state index in [0.29, 0.717) is 6.54 Å². The standard InChI is InChI=1S/C17H28N2O2/c1-5-19(6-2)12-8-11-18-17(20)13-21-16-10-7-9-14(3)15(16)4/h7,9-10H,5-6,8,11-13H2,1-4H3,(H,18,20). The second-order valence-electron chi connectivity index (χ2n) is 5.22. The third kappa shape index (κ3) is 6.17. The van der Waals surface area contributed by atoms with E-state index >= 15 is 0 Å². The minimum absolute atomic E-state index is 0.0598. The van der Waals surface area contributed by atoms with Crippen molar-refractivity contribution in [2.45, 2.75) is 34.1 Å². The minimum Gasteiger partial charge on any atom is -0.483 e. The summed E-state index contributed by atoms with van der Waals surface area (Å²) in [6.45, 7) is 12.3. The number of nitrogens with zero attached hydrogens (tertiary/aromatic N) is 1. The summed E-state index contributed by atoms with van der Waals surface area (Å²) in [5.74, 6) is 0.726. The van der Waals surface area contributed by atoms with Crippen LogP contribution in [0.15, 0.2) is 18.2 Å².